The van der Waals surface area contributed by atoms with Crippen molar-refractivity contribution >= 4 is 29.2 Å². The lowest BCUT2D eigenvalue weighted by Gasteiger charge is -2.12. The summed E-state index contributed by atoms with van der Waals surface area (Å²) >= 11 is 0. The normalized spacial score (nSPS) is 12.9. The van der Waals surface area contributed by atoms with Crippen molar-refractivity contribution in [1.29, 1.82) is 0 Å². The Morgan fingerprint density at radius 1 is 1.14 bits per heavy atom. The lowest BCUT2D eigenvalue weighted by molar-refractivity contribution is 0.103. The van der Waals surface area contributed by atoms with Crippen LogP contribution >= 0.6 is 0 Å². The van der Waals surface area contributed by atoms with Crippen molar-refractivity contribution < 1.29 is 27.1 Å². The van der Waals surface area contributed by atoms with E-state index in [1.807, 2.05) is 0 Å². The topological polar surface area (TPSA) is 89.5 Å². The van der Waals surface area contributed by atoms with Gasteiger partial charge in [-0.1, -0.05) is 36.4 Å². The van der Waals surface area contributed by atoms with Gasteiger partial charge in [0, 0.05) is 5.56 Å². The summed E-state index contributed by atoms with van der Waals surface area (Å²) in [4.78, 5) is 23.5. The van der Waals surface area contributed by atoms with Gasteiger partial charge in [0.15, 0.2) is 13.1 Å². The molecule has 1 aliphatic rings. The van der Waals surface area contributed by atoms with E-state index in [4.69, 9.17) is 0 Å². The number of sulfonamides is 1. The second-order valence-corrected chi connectivity index (χ2v) is 7.59. The van der Waals surface area contributed by atoms with Gasteiger partial charge in [0.1, 0.15) is 5.82 Å². The molecule has 0 unspecified atom stereocenters. The molecular formula is C19H15BFNO5S. The number of halogens is 1. The fourth-order valence-corrected chi connectivity index (χ4v) is 3.95. The van der Waals surface area contributed by atoms with E-state index in [-0.39, 0.29) is 21.6 Å². The molecule has 0 saturated heterocycles. The van der Waals surface area contributed by atoms with Crippen molar-refractivity contribution in [3.8, 4) is 11.1 Å². The van der Waals surface area contributed by atoms with Crippen LogP contribution < -0.4 is 4.72 Å². The minimum Gasteiger partial charge on any atom is -0.452 e. The molecule has 1 aliphatic heterocycles. The molecule has 0 aliphatic carbocycles. The largest absolute Gasteiger partial charge is 0.452 e. The predicted molar refractivity (Wildman–Crippen MR) is 103 cm³/mol. The molecule has 0 aromatic heterocycles. The zero-order valence-corrected chi connectivity index (χ0v) is 15.6. The minimum atomic E-state index is -4.23. The summed E-state index contributed by atoms with van der Waals surface area (Å²) in [6, 6.07) is 9.71. The van der Waals surface area contributed by atoms with Gasteiger partial charge < -0.3 is 4.74 Å². The third-order valence-electron chi connectivity index (χ3n) is 4.17. The van der Waals surface area contributed by atoms with Crippen LogP contribution in [0.5, 0.6) is 0 Å². The molecule has 1 heterocycles. The van der Waals surface area contributed by atoms with Gasteiger partial charge >= 0.3 is 6.09 Å². The van der Waals surface area contributed by atoms with Crippen molar-refractivity contribution in [3.05, 3.63) is 77.4 Å². The Balaban J connectivity index is 2.00. The number of amides is 1. The van der Waals surface area contributed by atoms with E-state index in [0.717, 1.165) is 13.2 Å². The van der Waals surface area contributed by atoms with Crippen molar-refractivity contribution in [2.45, 2.75) is 4.90 Å². The zero-order valence-electron chi connectivity index (χ0n) is 14.8. The quantitative estimate of drug-likeness (QED) is 0.617. The predicted octanol–water partition coefficient (Wildman–Crippen LogP) is 2.57. The number of ketones is 1. The van der Waals surface area contributed by atoms with Gasteiger partial charge in [-0.15, -0.1) is 5.98 Å². The molecule has 0 fully saturated rings. The summed E-state index contributed by atoms with van der Waals surface area (Å²) in [5.74, 6) is 0.625. The van der Waals surface area contributed by atoms with Crippen LogP contribution in [0, 0.1) is 5.82 Å². The first-order valence-corrected chi connectivity index (χ1v) is 9.72. The highest BCUT2D eigenvalue weighted by Gasteiger charge is 2.23. The highest BCUT2D eigenvalue weighted by Crippen LogP contribution is 2.29. The Labute approximate surface area is 162 Å². The fourth-order valence-electron chi connectivity index (χ4n) is 2.80. The number of Topliss-reactive ketones (excluding diaryl/α,β-unsaturated/α-hetero) is 1. The van der Waals surface area contributed by atoms with E-state index < -0.39 is 27.7 Å². The molecule has 0 atom stereocenters. The smallest absolute Gasteiger partial charge is 0.420 e. The molecule has 0 radical (unpaired) electrons. The standard InChI is InChI=1S/C19H15BFNO5S/c1-27-19(24)22-28(25,26)17-7-3-2-5-13(17)12-8-9-14(16(21)11-12)18(23)15-6-4-10-20-15/h2-11,20H,1H3,(H,22,24). The Kier molecular flexibility index (Phi) is 5.46. The van der Waals surface area contributed by atoms with Crippen molar-refractivity contribution in [2.24, 2.45) is 0 Å². The van der Waals surface area contributed by atoms with Gasteiger partial charge in [-0.3, -0.25) is 4.79 Å². The monoisotopic (exact) mass is 399 g/mol. The summed E-state index contributed by atoms with van der Waals surface area (Å²) in [5, 5.41) is 0. The van der Waals surface area contributed by atoms with Crippen LogP contribution in [-0.4, -0.2) is 34.7 Å². The Bertz CT molecular complexity index is 1120. The summed E-state index contributed by atoms with van der Waals surface area (Å²) in [7, 11) is -2.75. The number of hydrogen-bond donors (Lipinski definition) is 1. The van der Waals surface area contributed by atoms with Crippen molar-refractivity contribution in [1.82, 2.24) is 4.72 Å². The maximum absolute atomic E-state index is 14.6. The molecule has 0 spiro atoms. The van der Waals surface area contributed by atoms with E-state index in [1.165, 1.54) is 30.3 Å². The maximum Gasteiger partial charge on any atom is 0.420 e. The number of nitrogens with one attached hydrogen (secondary N) is 1. The van der Waals surface area contributed by atoms with E-state index in [9.17, 15) is 22.4 Å². The molecule has 1 amide bonds. The van der Waals surface area contributed by atoms with Crippen molar-refractivity contribution in [2.75, 3.05) is 7.11 Å². The van der Waals surface area contributed by atoms with Gasteiger partial charge in [0.2, 0.25) is 0 Å². The van der Waals surface area contributed by atoms with Crippen LogP contribution in [-0.2, 0) is 14.8 Å². The molecule has 0 saturated carbocycles. The number of allylic oxidation sites excluding steroid dienone is 3. The number of ether oxygens (including phenoxy) is 1. The number of carbonyl (C=O) groups is 2. The van der Waals surface area contributed by atoms with Crippen LogP contribution in [0.3, 0.4) is 0 Å². The number of methoxy groups -OCH3 is 1. The first-order valence-electron chi connectivity index (χ1n) is 8.23. The molecule has 0 bridgehead atoms. The van der Waals surface area contributed by atoms with Crippen LogP contribution in [0.4, 0.5) is 9.18 Å². The number of benzene rings is 2. The molecule has 1 N–H and O–H groups in total. The third-order valence-corrected chi connectivity index (χ3v) is 5.54. The molecule has 6 nitrogen and oxygen atoms in total. The van der Waals surface area contributed by atoms with E-state index >= 15 is 0 Å². The number of hydrogen-bond acceptors (Lipinski definition) is 5. The lowest BCUT2D eigenvalue weighted by atomic mass is 9.70. The molecule has 2 aromatic rings. The summed E-state index contributed by atoms with van der Waals surface area (Å²) in [5.41, 5.74) is 0.820. The highest BCUT2D eigenvalue weighted by molar-refractivity contribution is 7.90. The molecule has 28 heavy (non-hydrogen) atoms. The van der Waals surface area contributed by atoms with Crippen LogP contribution in [0.15, 0.2) is 71.0 Å². The molecule has 9 heteroatoms. The van der Waals surface area contributed by atoms with Gasteiger partial charge in [0.05, 0.1) is 17.6 Å². The first kappa shape index (κ1) is 19.6. The van der Waals surface area contributed by atoms with Crippen LogP contribution in [0.1, 0.15) is 10.4 Å². The molecule has 142 valence electrons. The van der Waals surface area contributed by atoms with Gasteiger partial charge in [0.25, 0.3) is 10.0 Å². The molecular weight excluding hydrogens is 384 g/mol. The minimum absolute atomic E-state index is 0.0910. The average molecular weight is 399 g/mol. The fraction of sp³-hybridized carbons (Fsp3) is 0.0526. The molecule has 3 rings (SSSR count). The van der Waals surface area contributed by atoms with E-state index in [2.05, 4.69) is 4.74 Å². The Morgan fingerprint density at radius 3 is 2.54 bits per heavy atom. The van der Waals surface area contributed by atoms with E-state index in [0.29, 0.717) is 12.8 Å². The first-order chi connectivity index (χ1) is 13.3. The van der Waals surface area contributed by atoms with Gasteiger partial charge in [-0.25, -0.2) is 22.3 Å². The second kappa shape index (κ2) is 7.81. The van der Waals surface area contributed by atoms with E-state index in [1.54, 1.807) is 28.9 Å². The summed E-state index contributed by atoms with van der Waals surface area (Å²) in [6.45, 7) is 0. The second-order valence-electron chi connectivity index (χ2n) is 5.94. The van der Waals surface area contributed by atoms with Gasteiger partial charge in [-0.2, -0.15) is 0 Å². The number of rotatable bonds is 5. The van der Waals surface area contributed by atoms with Crippen molar-refractivity contribution in [3.63, 3.8) is 0 Å². The van der Waals surface area contributed by atoms with Crippen LogP contribution in [0.2, 0.25) is 0 Å². The molecule has 2 aromatic carbocycles. The number of carbonyl (C=O) groups excluding carboxylic acids is 2. The zero-order chi connectivity index (χ0) is 20.3. The van der Waals surface area contributed by atoms with Gasteiger partial charge in [-0.05, 0) is 29.2 Å². The Morgan fingerprint density at radius 2 is 1.89 bits per heavy atom. The summed E-state index contributed by atoms with van der Waals surface area (Å²) < 4.78 is 45.6. The lowest BCUT2D eigenvalue weighted by Crippen LogP contribution is -2.30. The van der Waals surface area contributed by atoms with Crippen LogP contribution in [0.25, 0.3) is 11.1 Å². The SMILES string of the molecule is COC(=O)NS(=O)(=O)c1ccccc1-c1ccc(C(=O)C2=CC=CB2)c(F)c1. The third kappa shape index (κ3) is 3.89. The average Bonchev–Trinajstić information content (AvgIpc) is 3.22. The Hall–Kier alpha value is -3.20. The maximum atomic E-state index is 14.6. The highest BCUT2D eigenvalue weighted by atomic mass is 32.2. The summed E-state index contributed by atoms with van der Waals surface area (Å²) in [6.07, 6.45) is 2.23.